The van der Waals surface area contributed by atoms with Crippen LogP contribution in [0.3, 0.4) is 0 Å². The van der Waals surface area contributed by atoms with Crippen LogP contribution in [0.1, 0.15) is 24.8 Å². The van der Waals surface area contributed by atoms with Gasteiger partial charge in [-0.2, -0.15) is 0 Å². The first-order valence-electron chi connectivity index (χ1n) is 6.19. The maximum absolute atomic E-state index is 12.1. The van der Waals surface area contributed by atoms with Crippen molar-refractivity contribution in [2.75, 3.05) is 13.1 Å². The van der Waals surface area contributed by atoms with E-state index >= 15 is 0 Å². The van der Waals surface area contributed by atoms with Crippen molar-refractivity contribution in [3.05, 3.63) is 35.9 Å². The Balaban J connectivity index is 1.98. The Bertz CT molecular complexity index is 444. The largest absolute Gasteiger partial charge is 0.480 e. The Hall–Kier alpha value is -1.84. The molecular formula is C14H17NO3. The van der Waals surface area contributed by atoms with Gasteiger partial charge in [-0.25, -0.2) is 0 Å². The van der Waals surface area contributed by atoms with Crippen molar-refractivity contribution >= 4 is 11.9 Å². The molecule has 1 amide bonds. The van der Waals surface area contributed by atoms with Gasteiger partial charge in [0.25, 0.3) is 0 Å². The molecule has 0 heterocycles. The minimum atomic E-state index is -0.956. The molecule has 2 rings (SSSR count). The summed E-state index contributed by atoms with van der Waals surface area (Å²) in [4.78, 5) is 24.2. The first-order chi connectivity index (χ1) is 8.63. The molecule has 0 saturated heterocycles. The lowest BCUT2D eigenvalue weighted by Gasteiger charge is -2.18. The molecule has 1 aromatic rings. The SMILES string of the molecule is CCN(CC(=O)O)C(=O)C1CC1c1ccccc1. The van der Waals surface area contributed by atoms with Crippen molar-refractivity contribution in [2.45, 2.75) is 19.3 Å². The number of nitrogens with zero attached hydrogens (tertiary/aromatic N) is 1. The number of hydrogen-bond acceptors (Lipinski definition) is 2. The molecule has 1 N–H and O–H groups in total. The smallest absolute Gasteiger partial charge is 0.323 e. The van der Waals surface area contributed by atoms with Crippen LogP contribution in [0.4, 0.5) is 0 Å². The number of amides is 1. The van der Waals surface area contributed by atoms with E-state index in [0.717, 1.165) is 6.42 Å². The van der Waals surface area contributed by atoms with Crippen LogP contribution in [0.5, 0.6) is 0 Å². The van der Waals surface area contributed by atoms with Crippen molar-refractivity contribution in [1.29, 1.82) is 0 Å². The van der Waals surface area contributed by atoms with Crippen LogP contribution >= 0.6 is 0 Å². The van der Waals surface area contributed by atoms with E-state index in [1.807, 2.05) is 30.3 Å². The standard InChI is InChI=1S/C14H17NO3/c1-2-15(9-13(16)17)14(18)12-8-11(12)10-6-4-3-5-7-10/h3-7,11-12H,2,8-9H2,1H3,(H,16,17). The zero-order valence-corrected chi connectivity index (χ0v) is 10.4. The zero-order chi connectivity index (χ0) is 13.1. The average Bonchev–Trinajstić information content (AvgIpc) is 3.16. The molecule has 1 fully saturated rings. The van der Waals surface area contributed by atoms with Gasteiger partial charge < -0.3 is 10.0 Å². The number of carbonyl (C=O) groups is 2. The minimum absolute atomic E-state index is 0.0336. The summed E-state index contributed by atoms with van der Waals surface area (Å²) in [7, 11) is 0. The highest BCUT2D eigenvalue weighted by Gasteiger charge is 2.45. The molecule has 1 aliphatic rings. The number of carboxylic acid groups (broad SMARTS) is 1. The third kappa shape index (κ3) is 2.70. The second-order valence-corrected chi connectivity index (χ2v) is 4.61. The quantitative estimate of drug-likeness (QED) is 0.862. The van der Waals surface area contributed by atoms with Gasteiger partial charge in [0, 0.05) is 12.5 Å². The molecule has 0 spiro atoms. The van der Waals surface area contributed by atoms with Gasteiger partial charge in [-0.05, 0) is 24.8 Å². The molecule has 4 nitrogen and oxygen atoms in total. The number of benzene rings is 1. The molecule has 0 aliphatic heterocycles. The molecule has 0 radical (unpaired) electrons. The third-order valence-electron chi connectivity index (χ3n) is 3.35. The van der Waals surface area contributed by atoms with Crippen molar-refractivity contribution in [2.24, 2.45) is 5.92 Å². The van der Waals surface area contributed by atoms with E-state index in [4.69, 9.17) is 5.11 Å². The molecule has 4 heteroatoms. The number of carboxylic acids is 1. The summed E-state index contributed by atoms with van der Waals surface area (Å²) in [5.41, 5.74) is 1.17. The topological polar surface area (TPSA) is 57.6 Å². The predicted molar refractivity (Wildman–Crippen MR) is 67.2 cm³/mol. The first-order valence-corrected chi connectivity index (χ1v) is 6.19. The van der Waals surface area contributed by atoms with Gasteiger partial charge in [0.05, 0.1) is 0 Å². The fourth-order valence-corrected chi connectivity index (χ4v) is 2.28. The zero-order valence-electron chi connectivity index (χ0n) is 10.4. The number of aliphatic carboxylic acids is 1. The predicted octanol–water partition coefficient (Wildman–Crippen LogP) is 1.72. The summed E-state index contributed by atoms with van der Waals surface area (Å²) in [6.07, 6.45) is 0.832. The Morgan fingerprint density at radius 3 is 2.56 bits per heavy atom. The molecule has 2 unspecified atom stereocenters. The maximum Gasteiger partial charge on any atom is 0.323 e. The highest BCUT2D eigenvalue weighted by atomic mass is 16.4. The maximum atomic E-state index is 12.1. The van der Waals surface area contributed by atoms with Crippen molar-refractivity contribution < 1.29 is 14.7 Å². The van der Waals surface area contributed by atoms with E-state index in [1.54, 1.807) is 6.92 Å². The van der Waals surface area contributed by atoms with Crippen LogP contribution in [0, 0.1) is 5.92 Å². The normalized spacial score (nSPS) is 21.4. The highest BCUT2D eigenvalue weighted by molar-refractivity contribution is 5.86. The van der Waals surface area contributed by atoms with Crippen molar-refractivity contribution in [3.8, 4) is 0 Å². The molecule has 18 heavy (non-hydrogen) atoms. The molecule has 0 aromatic heterocycles. The van der Waals surface area contributed by atoms with Gasteiger partial charge in [0.1, 0.15) is 6.54 Å². The Morgan fingerprint density at radius 1 is 1.33 bits per heavy atom. The van der Waals surface area contributed by atoms with Crippen molar-refractivity contribution in [1.82, 2.24) is 4.90 Å². The molecular weight excluding hydrogens is 230 g/mol. The van der Waals surface area contributed by atoms with Crippen LogP contribution in [-0.2, 0) is 9.59 Å². The molecule has 96 valence electrons. The van der Waals surface area contributed by atoms with Gasteiger partial charge in [-0.1, -0.05) is 30.3 Å². The van der Waals surface area contributed by atoms with Gasteiger partial charge in [0.15, 0.2) is 0 Å². The second kappa shape index (κ2) is 5.21. The molecule has 2 atom stereocenters. The van der Waals surface area contributed by atoms with Gasteiger partial charge in [-0.3, -0.25) is 9.59 Å². The summed E-state index contributed by atoms with van der Waals surface area (Å²) in [6.45, 7) is 2.05. The molecule has 0 bridgehead atoms. The van der Waals surface area contributed by atoms with Crippen LogP contribution in [0.15, 0.2) is 30.3 Å². The summed E-state index contributed by atoms with van der Waals surface area (Å²) in [5, 5.41) is 8.76. The van der Waals surface area contributed by atoms with Gasteiger partial charge in [0.2, 0.25) is 5.91 Å². The Labute approximate surface area is 106 Å². The summed E-state index contributed by atoms with van der Waals surface area (Å²) < 4.78 is 0. The second-order valence-electron chi connectivity index (χ2n) is 4.61. The average molecular weight is 247 g/mol. The van der Waals surface area contributed by atoms with Crippen LogP contribution in [-0.4, -0.2) is 35.0 Å². The van der Waals surface area contributed by atoms with Crippen LogP contribution in [0.2, 0.25) is 0 Å². The van der Waals surface area contributed by atoms with E-state index in [1.165, 1.54) is 10.5 Å². The fourth-order valence-electron chi connectivity index (χ4n) is 2.28. The molecule has 1 aliphatic carbocycles. The summed E-state index contributed by atoms with van der Waals surface area (Å²) >= 11 is 0. The van der Waals surface area contributed by atoms with Gasteiger partial charge in [-0.15, -0.1) is 0 Å². The lowest BCUT2D eigenvalue weighted by atomic mass is 10.1. The lowest BCUT2D eigenvalue weighted by Crippen LogP contribution is -2.36. The van der Waals surface area contributed by atoms with E-state index in [9.17, 15) is 9.59 Å². The van der Waals surface area contributed by atoms with E-state index in [2.05, 4.69) is 0 Å². The number of hydrogen-bond donors (Lipinski definition) is 1. The Kier molecular flexibility index (Phi) is 3.65. The summed E-state index contributed by atoms with van der Waals surface area (Å²) in [6, 6.07) is 9.91. The van der Waals surface area contributed by atoms with E-state index < -0.39 is 5.97 Å². The molecule has 1 saturated carbocycles. The number of likely N-dealkylation sites (N-methyl/N-ethyl adjacent to an activating group) is 1. The fraction of sp³-hybridized carbons (Fsp3) is 0.429. The highest BCUT2D eigenvalue weighted by Crippen LogP contribution is 2.48. The molecule has 1 aromatic carbocycles. The first kappa shape index (κ1) is 12.6. The summed E-state index contributed by atoms with van der Waals surface area (Å²) in [5.74, 6) is -0.760. The van der Waals surface area contributed by atoms with Crippen molar-refractivity contribution in [3.63, 3.8) is 0 Å². The minimum Gasteiger partial charge on any atom is -0.480 e. The number of carbonyl (C=O) groups excluding carboxylic acids is 1. The van der Waals surface area contributed by atoms with Crippen LogP contribution < -0.4 is 0 Å². The number of rotatable bonds is 5. The van der Waals surface area contributed by atoms with Crippen LogP contribution in [0.25, 0.3) is 0 Å². The van der Waals surface area contributed by atoms with Gasteiger partial charge >= 0.3 is 5.97 Å². The Morgan fingerprint density at radius 2 is 2.00 bits per heavy atom. The third-order valence-corrected chi connectivity index (χ3v) is 3.35. The monoisotopic (exact) mass is 247 g/mol. The van der Waals surface area contributed by atoms with E-state index in [-0.39, 0.29) is 24.3 Å². The van der Waals surface area contributed by atoms with E-state index in [0.29, 0.717) is 6.54 Å². The lowest BCUT2D eigenvalue weighted by molar-refractivity contribution is -0.144.